The van der Waals surface area contributed by atoms with E-state index in [0.717, 1.165) is 26.3 Å². The Labute approximate surface area is 118 Å². The number of carbonyl (C=O) groups is 1. The Morgan fingerprint density at radius 1 is 1.40 bits per heavy atom. The third kappa shape index (κ3) is 3.68. The van der Waals surface area contributed by atoms with E-state index >= 15 is 0 Å². The van der Waals surface area contributed by atoms with E-state index in [0.29, 0.717) is 6.54 Å². The number of hydrogen-bond acceptors (Lipinski definition) is 4. The van der Waals surface area contributed by atoms with Crippen LogP contribution < -0.4 is 10.9 Å². The zero-order valence-electron chi connectivity index (χ0n) is 11.9. The largest absolute Gasteiger partial charge is 0.379 e. The number of aromatic nitrogens is 1. The molecule has 6 nitrogen and oxygen atoms in total. The van der Waals surface area contributed by atoms with Crippen molar-refractivity contribution in [2.75, 3.05) is 32.8 Å². The summed E-state index contributed by atoms with van der Waals surface area (Å²) >= 11 is 0. The molecular formula is C14H21N3O3. The van der Waals surface area contributed by atoms with Crippen LogP contribution in [0.25, 0.3) is 0 Å². The van der Waals surface area contributed by atoms with E-state index < -0.39 is 0 Å². The lowest BCUT2D eigenvalue weighted by molar-refractivity contribution is -0.00924. The molecule has 1 amide bonds. The van der Waals surface area contributed by atoms with Gasteiger partial charge < -0.3 is 15.0 Å². The van der Waals surface area contributed by atoms with Crippen molar-refractivity contribution in [2.24, 2.45) is 0 Å². The minimum absolute atomic E-state index is 0.144. The van der Waals surface area contributed by atoms with Gasteiger partial charge in [0.2, 0.25) is 5.56 Å². The Bertz CT molecular complexity index is 518. The lowest BCUT2D eigenvalue weighted by Crippen LogP contribution is -2.55. The summed E-state index contributed by atoms with van der Waals surface area (Å²) in [5.41, 5.74) is -0.130. The van der Waals surface area contributed by atoms with Gasteiger partial charge >= 0.3 is 0 Å². The van der Waals surface area contributed by atoms with E-state index in [2.05, 4.69) is 29.0 Å². The van der Waals surface area contributed by atoms with Gasteiger partial charge in [0, 0.05) is 31.2 Å². The zero-order valence-corrected chi connectivity index (χ0v) is 11.9. The quantitative estimate of drug-likeness (QED) is 0.826. The molecule has 0 aromatic carbocycles. The molecular weight excluding hydrogens is 258 g/mol. The van der Waals surface area contributed by atoms with Crippen LogP contribution in [0, 0.1) is 0 Å². The fourth-order valence-electron chi connectivity index (χ4n) is 2.25. The van der Waals surface area contributed by atoms with Crippen molar-refractivity contribution in [3.63, 3.8) is 0 Å². The summed E-state index contributed by atoms with van der Waals surface area (Å²) in [7, 11) is 0. The van der Waals surface area contributed by atoms with Gasteiger partial charge in [-0.2, -0.15) is 0 Å². The van der Waals surface area contributed by atoms with Crippen molar-refractivity contribution in [2.45, 2.75) is 19.4 Å². The van der Waals surface area contributed by atoms with E-state index in [9.17, 15) is 9.59 Å². The van der Waals surface area contributed by atoms with Gasteiger partial charge in [-0.05, 0) is 19.9 Å². The molecule has 2 heterocycles. The van der Waals surface area contributed by atoms with Gasteiger partial charge in [0.25, 0.3) is 5.91 Å². The molecule has 0 aliphatic carbocycles. The summed E-state index contributed by atoms with van der Waals surface area (Å²) in [5, 5.41) is 2.87. The molecule has 0 atom stereocenters. The number of hydrogen-bond donors (Lipinski definition) is 2. The van der Waals surface area contributed by atoms with Crippen molar-refractivity contribution in [1.82, 2.24) is 15.2 Å². The summed E-state index contributed by atoms with van der Waals surface area (Å²) in [5.74, 6) is -0.260. The van der Waals surface area contributed by atoms with Crippen LogP contribution in [0.1, 0.15) is 24.3 Å². The number of H-pyrrole nitrogens is 1. The van der Waals surface area contributed by atoms with Gasteiger partial charge in [0.15, 0.2) is 0 Å². The topological polar surface area (TPSA) is 74.4 Å². The predicted molar refractivity (Wildman–Crippen MR) is 75.9 cm³/mol. The average molecular weight is 279 g/mol. The van der Waals surface area contributed by atoms with Gasteiger partial charge in [-0.1, -0.05) is 6.07 Å². The monoisotopic (exact) mass is 279 g/mol. The number of morpholine rings is 1. The van der Waals surface area contributed by atoms with Gasteiger partial charge in [-0.3, -0.25) is 14.5 Å². The molecule has 1 aromatic heterocycles. The minimum atomic E-state index is -0.273. The molecule has 1 fully saturated rings. The van der Waals surface area contributed by atoms with Crippen LogP contribution in [0.5, 0.6) is 0 Å². The molecule has 0 unspecified atom stereocenters. The fraction of sp³-hybridized carbons (Fsp3) is 0.571. The Balaban J connectivity index is 1.93. The second-order valence-corrected chi connectivity index (χ2v) is 5.52. The van der Waals surface area contributed by atoms with E-state index in [1.165, 1.54) is 6.07 Å². The SMILES string of the molecule is CC(C)(CNC(=O)c1cccc(=O)[nH]1)N1CCOCC1. The molecule has 0 saturated carbocycles. The summed E-state index contributed by atoms with van der Waals surface area (Å²) in [6.45, 7) is 7.88. The molecule has 1 saturated heterocycles. The number of ether oxygens (including phenoxy) is 1. The second-order valence-electron chi connectivity index (χ2n) is 5.52. The molecule has 2 rings (SSSR count). The standard InChI is InChI=1S/C14H21N3O3/c1-14(2,17-6-8-20-9-7-17)10-15-13(19)11-4-3-5-12(18)16-11/h3-5H,6-10H2,1-2H3,(H,15,19)(H,16,18). The minimum Gasteiger partial charge on any atom is -0.379 e. The Morgan fingerprint density at radius 3 is 2.75 bits per heavy atom. The zero-order chi connectivity index (χ0) is 14.6. The predicted octanol–water partition coefficient (Wildman–Crippen LogP) is 0.216. The molecule has 1 aliphatic heterocycles. The second kappa shape index (κ2) is 6.19. The van der Waals surface area contributed by atoms with Crippen molar-refractivity contribution in [1.29, 1.82) is 0 Å². The van der Waals surface area contributed by atoms with E-state index in [-0.39, 0.29) is 22.7 Å². The number of rotatable bonds is 4. The molecule has 1 aliphatic rings. The highest BCUT2D eigenvalue weighted by Crippen LogP contribution is 2.15. The molecule has 20 heavy (non-hydrogen) atoms. The van der Waals surface area contributed by atoms with Crippen LogP contribution >= 0.6 is 0 Å². The van der Waals surface area contributed by atoms with Crippen molar-refractivity contribution >= 4 is 5.91 Å². The average Bonchev–Trinajstić information content (AvgIpc) is 2.46. The van der Waals surface area contributed by atoms with Crippen LogP contribution in [-0.4, -0.2) is 54.2 Å². The number of pyridine rings is 1. The lowest BCUT2D eigenvalue weighted by Gasteiger charge is -2.40. The number of nitrogens with zero attached hydrogens (tertiary/aromatic N) is 1. The van der Waals surface area contributed by atoms with E-state index in [1.807, 2.05) is 0 Å². The van der Waals surface area contributed by atoms with Gasteiger partial charge in [0.05, 0.1) is 13.2 Å². The highest BCUT2D eigenvalue weighted by molar-refractivity contribution is 5.92. The van der Waals surface area contributed by atoms with Gasteiger partial charge in [0.1, 0.15) is 5.69 Å². The molecule has 0 spiro atoms. The first kappa shape index (κ1) is 14.7. The third-order valence-corrected chi connectivity index (χ3v) is 3.56. The van der Waals surface area contributed by atoms with Crippen LogP contribution in [0.3, 0.4) is 0 Å². The molecule has 0 bridgehead atoms. The molecule has 6 heteroatoms. The number of carbonyl (C=O) groups excluding carboxylic acids is 1. The normalized spacial score (nSPS) is 16.9. The number of aromatic amines is 1. The Hall–Kier alpha value is -1.66. The van der Waals surface area contributed by atoms with Crippen LogP contribution in [-0.2, 0) is 4.74 Å². The third-order valence-electron chi connectivity index (χ3n) is 3.56. The summed E-state index contributed by atoms with van der Waals surface area (Å²) in [4.78, 5) is 28.0. The van der Waals surface area contributed by atoms with Crippen molar-refractivity contribution in [3.8, 4) is 0 Å². The number of amides is 1. The van der Waals surface area contributed by atoms with Crippen LogP contribution in [0.4, 0.5) is 0 Å². The van der Waals surface area contributed by atoms with Crippen LogP contribution in [0.2, 0.25) is 0 Å². The molecule has 2 N–H and O–H groups in total. The first-order valence-electron chi connectivity index (χ1n) is 6.79. The maximum Gasteiger partial charge on any atom is 0.267 e. The van der Waals surface area contributed by atoms with Crippen molar-refractivity contribution in [3.05, 3.63) is 34.2 Å². The summed E-state index contributed by atoms with van der Waals surface area (Å²) in [6.07, 6.45) is 0. The highest BCUT2D eigenvalue weighted by atomic mass is 16.5. The highest BCUT2D eigenvalue weighted by Gasteiger charge is 2.28. The summed E-state index contributed by atoms with van der Waals surface area (Å²) < 4.78 is 5.33. The van der Waals surface area contributed by atoms with Crippen LogP contribution in [0.15, 0.2) is 23.0 Å². The molecule has 0 radical (unpaired) electrons. The molecule has 110 valence electrons. The lowest BCUT2D eigenvalue weighted by atomic mass is 10.0. The maximum atomic E-state index is 12.0. The van der Waals surface area contributed by atoms with Crippen molar-refractivity contribution < 1.29 is 9.53 Å². The first-order chi connectivity index (χ1) is 9.49. The smallest absolute Gasteiger partial charge is 0.267 e. The first-order valence-corrected chi connectivity index (χ1v) is 6.79. The number of nitrogens with one attached hydrogen (secondary N) is 2. The van der Waals surface area contributed by atoms with E-state index in [4.69, 9.17) is 4.74 Å². The molecule has 1 aromatic rings. The van der Waals surface area contributed by atoms with Gasteiger partial charge in [-0.15, -0.1) is 0 Å². The van der Waals surface area contributed by atoms with Gasteiger partial charge in [-0.25, -0.2) is 0 Å². The maximum absolute atomic E-state index is 12.0. The van der Waals surface area contributed by atoms with E-state index in [1.54, 1.807) is 12.1 Å². The summed E-state index contributed by atoms with van der Waals surface area (Å²) in [6, 6.07) is 4.55. The Morgan fingerprint density at radius 2 is 2.10 bits per heavy atom. The fourth-order valence-corrected chi connectivity index (χ4v) is 2.25. The Kier molecular flexibility index (Phi) is 4.57.